The van der Waals surface area contributed by atoms with Gasteiger partial charge in [-0.1, -0.05) is 0 Å². The Morgan fingerprint density at radius 1 is 1.41 bits per heavy atom. The van der Waals surface area contributed by atoms with E-state index in [1.54, 1.807) is 0 Å². The zero-order valence-corrected chi connectivity index (χ0v) is 11.1. The number of nitrogens with one attached hydrogen (secondary N) is 1. The number of nitriles is 1. The second kappa shape index (κ2) is 6.95. The summed E-state index contributed by atoms with van der Waals surface area (Å²) in [6, 6.07) is 3.01. The van der Waals surface area contributed by atoms with E-state index in [4.69, 9.17) is 5.11 Å². The molecular weight excluding hydrogens is 214 g/mol. The van der Waals surface area contributed by atoms with Gasteiger partial charge in [0.1, 0.15) is 5.54 Å². The summed E-state index contributed by atoms with van der Waals surface area (Å²) >= 11 is 0. The van der Waals surface area contributed by atoms with Crippen LogP contribution >= 0.6 is 0 Å². The lowest BCUT2D eigenvalue weighted by Gasteiger charge is -2.28. The molecule has 98 valence electrons. The fourth-order valence-corrected chi connectivity index (χ4v) is 2.41. The van der Waals surface area contributed by atoms with E-state index in [0.29, 0.717) is 6.04 Å². The number of nitrogens with zero attached hydrogens (tertiary/aromatic N) is 2. The van der Waals surface area contributed by atoms with Crippen LogP contribution in [0, 0.1) is 11.3 Å². The Hall–Kier alpha value is -0.630. The van der Waals surface area contributed by atoms with Gasteiger partial charge >= 0.3 is 0 Å². The van der Waals surface area contributed by atoms with Gasteiger partial charge in [0.25, 0.3) is 0 Å². The number of hydrogen-bond acceptors (Lipinski definition) is 4. The van der Waals surface area contributed by atoms with Gasteiger partial charge in [-0.05, 0) is 52.6 Å². The number of hydrogen-bond donors (Lipinski definition) is 2. The maximum absolute atomic E-state index is 9.40. The topological polar surface area (TPSA) is 59.3 Å². The lowest BCUT2D eigenvalue weighted by Crippen LogP contribution is -2.45. The first-order valence-electron chi connectivity index (χ1n) is 6.65. The van der Waals surface area contributed by atoms with Gasteiger partial charge in [-0.2, -0.15) is 5.26 Å². The van der Waals surface area contributed by atoms with E-state index in [9.17, 15) is 5.26 Å². The van der Waals surface area contributed by atoms with E-state index in [-0.39, 0.29) is 12.1 Å². The van der Waals surface area contributed by atoms with Crippen LogP contribution in [-0.4, -0.2) is 47.8 Å². The molecule has 1 heterocycles. The van der Waals surface area contributed by atoms with Crippen molar-refractivity contribution < 1.29 is 5.11 Å². The number of aliphatic hydroxyl groups excluding tert-OH is 1. The Labute approximate surface area is 105 Å². The minimum Gasteiger partial charge on any atom is -0.396 e. The average molecular weight is 239 g/mol. The van der Waals surface area contributed by atoms with Crippen LogP contribution in [0.25, 0.3) is 0 Å². The van der Waals surface area contributed by atoms with Gasteiger partial charge in [0.05, 0.1) is 6.07 Å². The zero-order chi connectivity index (χ0) is 12.7. The van der Waals surface area contributed by atoms with E-state index in [1.807, 2.05) is 0 Å². The highest BCUT2D eigenvalue weighted by molar-refractivity contribution is 5.08. The molecule has 0 aromatic heterocycles. The van der Waals surface area contributed by atoms with E-state index in [2.05, 4.69) is 30.1 Å². The maximum Gasteiger partial charge on any atom is 0.108 e. The van der Waals surface area contributed by atoms with Crippen molar-refractivity contribution in [2.45, 2.75) is 51.1 Å². The van der Waals surface area contributed by atoms with E-state index in [0.717, 1.165) is 45.3 Å². The van der Waals surface area contributed by atoms with Crippen molar-refractivity contribution in [2.24, 2.45) is 0 Å². The molecule has 1 fully saturated rings. The van der Waals surface area contributed by atoms with Crippen LogP contribution in [0.2, 0.25) is 0 Å². The van der Waals surface area contributed by atoms with Gasteiger partial charge in [-0.25, -0.2) is 0 Å². The second-order valence-electron chi connectivity index (χ2n) is 5.18. The van der Waals surface area contributed by atoms with Crippen molar-refractivity contribution in [3.05, 3.63) is 0 Å². The predicted octanol–water partition coefficient (Wildman–Crippen LogP) is 1.12. The van der Waals surface area contributed by atoms with Crippen LogP contribution < -0.4 is 5.32 Å². The molecule has 4 heteroatoms. The van der Waals surface area contributed by atoms with Crippen LogP contribution in [-0.2, 0) is 0 Å². The molecule has 1 rings (SSSR count). The third kappa shape index (κ3) is 4.27. The monoisotopic (exact) mass is 239 g/mol. The van der Waals surface area contributed by atoms with Crippen LogP contribution in [0.4, 0.5) is 0 Å². The first-order valence-corrected chi connectivity index (χ1v) is 6.65. The molecule has 1 aliphatic rings. The van der Waals surface area contributed by atoms with Crippen molar-refractivity contribution >= 4 is 0 Å². The van der Waals surface area contributed by atoms with E-state index >= 15 is 0 Å². The number of rotatable bonds is 5. The van der Waals surface area contributed by atoms with Crippen molar-refractivity contribution in [3.8, 4) is 6.07 Å². The molecule has 0 bridgehead atoms. The lowest BCUT2D eigenvalue weighted by molar-refractivity contribution is 0.224. The summed E-state index contributed by atoms with van der Waals surface area (Å²) in [4.78, 5) is 2.44. The Balaban J connectivity index is 2.53. The molecule has 1 unspecified atom stereocenters. The minimum atomic E-state index is -0.376. The number of likely N-dealkylation sites (tertiary alicyclic amines) is 1. The van der Waals surface area contributed by atoms with Crippen molar-refractivity contribution in [2.75, 3.05) is 26.2 Å². The summed E-state index contributed by atoms with van der Waals surface area (Å²) in [6.07, 6.45) is 3.58. The Morgan fingerprint density at radius 2 is 2.18 bits per heavy atom. The number of aliphatic hydroxyl groups is 1. The zero-order valence-electron chi connectivity index (χ0n) is 11.1. The molecule has 1 saturated heterocycles. The van der Waals surface area contributed by atoms with Crippen molar-refractivity contribution in [3.63, 3.8) is 0 Å². The summed E-state index contributed by atoms with van der Waals surface area (Å²) in [5, 5.41) is 21.5. The minimum absolute atomic E-state index is 0.187. The maximum atomic E-state index is 9.40. The Kier molecular flexibility index (Phi) is 5.90. The molecule has 0 amide bonds. The molecule has 17 heavy (non-hydrogen) atoms. The predicted molar refractivity (Wildman–Crippen MR) is 68.6 cm³/mol. The largest absolute Gasteiger partial charge is 0.396 e. The third-order valence-electron chi connectivity index (χ3n) is 3.62. The van der Waals surface area contributed by atoms with Crippen molar-refractivity contribution in [1.29, 1.82) is 5.26 Å². The molecule has 0 saturated carbocycles. The fourth-order valence-electron chi connectivity index (χ4n) is 2.41. The average Bonchev–Trinajstić information content (AvgIpc) is 2.53. The highest BCUT2D eigenvalue weighted by atomic mass is 16.3. The lowest BCUT2D eigenvalue weighted by atomic mass is 9.92. The summed E-state index contributed by atoms with van der Waals surface area (Å²) in [5.74, 6) is 0. The quantitative estimate of drug-likeness (QED) is 0.706. The van der Waals surface area contributed by atoms with E-state index < -0.39 is 0 Å². The molecule has 0 radical (unpaired) electrons. The van der Waals surface area contributed by atoms with Gasteiger partial charge in [0, 0.05) is 19.2 Å². The summed E-state index contributed by atoms with van der Waals surface area (Å²) in [7, 11) is 0. The Bertz CT molecular complexity index is 262. The summed E-state index contributed by atoms with van der Waals surface area (Å²) in [5.41, 5.74) is -0.376. The summed E-state index contributed by atoms with van der Waals surface area (Å²) < 4.78 is 0. The molecule has 1 aliphatic heterocycles. The molecule has 1 atom stereocenters. The molecule has 2 N–H and O–H groups in total. The van der Waals surface area contributed by atoms with Gasteiger partial charge in [-0.15, -0.1) is 0 Å². The van der Waals surface area contributed by atoms with Crippen LogP contribution in [0.1, 0.15) is 39.5 Å². The molecular formula is C13H25N3O. The normalized spacial score (nSPS) is 26.8. The smallest absolute Gasteiger partial charge is 0.108 e. The van der Waals surface area contributed by atoms with Gasteiger partial charge < -0.3 is 10.0 Å². The van der Waals surface area contributed by atoms with Gasteiger partial charge in [0.15, 0.2) is 0 Å². The Morgan fingerprint density at radius 3 is 2.76 bits per heavy atom. The van der Waals surface area contributed by atoms with Gasteiger partial charge in [0.2, 0.25) is 0 Å². The molecule has 0 aromatic rings. The highest BCUT2D eigenvalue weighted by Gasteiger charge is 2.32. The first kappa shape index (κ1) is 14.4. The fraction of sp³-hybridized carbons (Fsp3) is 0.923. The highest BCUT2D eigenvalue weighted by Crippen LogP contribution is 2.22. The molecule has 0 spiro atoms. The van der Waals surface area contributed by atoms with Crippen LogP contribution in [0.5, 0.6) is 0 Å². The third-order valence-corrected chi connectivity index (χ3v) is 3.62. The van der Waals surface area contributed by atoms with E-state index in [1.165, 1.54) is 0 Å². The first-order chi connectivity index (χ1) is 8.13. The van der Waals surface area contributed by atoms with Crippen molar-refractivity contribution in [1.82, 2.24) is 10.2 Å². The SMILES string of the molecule is CC(C)N1CCCC(C#N)(NCCCO)CC1. The van der Waals surface area contributed by atoms with Crippen LogP contribution in [0.15, 0.2) is 0 Å². The molecule has 0 aliphatic carbocycles. The summed E-state index contributed by atoms with van der Waals surface area (Å²) in [6.45, 7) is 7.40. The van der Waals surface area contributed by atoms with Crippen LogP contribution in [0.3, 0.4) is 0 Å². The standard InChI is InChI=1S/C13H25N3O/c1-12(2)16-8-3-5-13(11-14,6-9-16)15-7-4-10-17/h12,15,17H,3-10H2,1-2H3. The molecule has 4 nitrogen and oxygen atoms in total. The second-order valence-corrected chi connectivity index (χ2v) is 5.18. The van der Waals surface area contributed by atoms with Gasteiger partial charge in [-0.3, -0.25) is 5.32 Å². The molecule has 0 aromatic carbocycles.